The molecule has 1 aliphatic rings. The number of hydrogen-bond acceptors (Lipinski definition) is 4. The lowest BCUT2D eigenvalue weighted by Gasteiger charge is -2.32. The van der Waals surface area contributed by atoms with Crippen molar-refractivity contribution in [1.29, 1.82) is 0 Å². The van der Waals surface area contributed by atoms with Crippen LogP contribution >= 0.6 is 0 Å². The molecule has 0 N–H and O–H groups in total. The predicted octanol–water partition coefficient (Wildman–Crippen LogP) is 3.96. The Morgan fingerprint density at radius 2 is 1.79 bits per heavy atom. The number of imidazole rings is 1. The lowest BCUT2D eigenvalue weighted by molar-refractivity contribution is 0.274. The Kier molecular flexibility index (Phi) is 5.44. The summed E-state index contributed by atoms with van der Waals surface area (Å²) in [6, 6.07) is 11.4. The number of benzene rings is 1. The van der Waals surface area contributed by atoms with Gasteiger partial charge in [0.15, 0.2) is 5.65 Å². The zero-order chi connectivity index (χ0) is 20.6. The molecule has 3 heterocycles. The monoisotopic (exact) mass is 412 g/mol. The van der Waals surface area contributed by atoms with Gasteiger partial charge in [0.1, 0.15) is 11.3 Å². The van der Waals surface area contributed by atoms with E-state index in [1.807, 2.05) is 31.2 Å². The van der Waals surface area contributed by atoms with Crippen LogP contribution in [-0.2, 0) is 16.4 Å². The van der Waals surface area contributed by atoms with Gasteiger partial charge in [-0.2, -0.15) is 4.31 Å². The first-order valence-electron chi connectivity index (χ1n) is 10.2. The number of fused-ring (bicyclic) bond motifs is 1. The van der Waals surface area contributed by atoms with Gasteiger partial charge in [-0.05, 0) is 61.9 Å². The van der Waals surface area contributed by atoms with Gasteiger partial charge < -0.3 is 4.57 Å². The summed E-state index contributed by atoms with van der Waals surface area (Å²) in [5.74, 6) is 1.48. The molecule has 154 valence electrons. The van der Waals surface area contributed by atoms with E-state index in [0.717, 1.165) is 36.3 Å². The predicted molar refractivity (Wildman–Crippen MR) is 114 cm³/mol. The second-order valence-corrected chi connectivity index (χ2v) is 10.2. The molecule has 7 heteroatoms. The van der Waals surface area contributed by atoms with E-state index in [1.54, 1.807) is 22.6 Å². The summed E-state index contributed by atoms with van der Waals surface area (Å²) in [5.41, 5.74) is 2.95. The van der Waals surface area contributed by atoms with E-state index in [-0.39, 0.29) is 6.04 Å². The molecule has 1 aliphatic heterocycles. The van der Waals surface area contributed by atoms with Gasteiger partial charge >= 0.3 is 0 Å². The molecule has 3 aromatic rings. The zero-order valence-corrected chi connectivity index (χ0v) is 18.1. The highest BCUT2D eigenvalue weighted by atomic mass is 32.2. The zero-order valence-electron chi connectivity index (χ0n) is 17.2. The number of hydrogen-bond donors (Lipinski definition) is 0. The van der Waals surface area contributed by atoms with Crippen molar-refractivity contribution >= 4 is 21.2 Å². The fraction of sp³-hybridized carbons (Fsp3) is 0.455. The van der Waals surface area contributed by atoms with E-state index in [0.29, 0.717) is 23.9 Å². The summed E-state index contributed by atoms with van der Waals surface area (Å²) in [5, 5.41) is 0. The number of aromatic nitrogens is 3. The van der Waals surface area contributed by atoms with Crippen molar-refractivity contribution < 1.29 is 8.42 Å². The molecule has 0 spiro atoms. The maximum absolute atomic E-state index is 13.1. The number of nitrogens with zero attached hydrogens (tertiary/aromatic N) is 4. The first-order chi connectivity index (χ1) is 13.9. The summed E-state index contributed by atoms with van der Waals surface area (Å²) in [7, 11) is -3.46. The quantitative estimate of drug-likeness (QED) is 0.636. The van der Waals surface area contributed by atoms with Crippen molar-refractivity contribution in [2.45, 2.75) is 51.0 Å². The first-order valence-corrected chi connectivity index (χ1v) is 11.7. The number of piperidine rings is 1. The minimum Gasteiger partial charge on any atom is -0.310 e. The highest BCUT2D eigenvalue weighted by molar-refractivity contribution is 7.89. The molecule has 0 saturated carbocycles. The number of aryl methyl sites for hydroxylation is 1. The van der Waals surface area contributed by atoms with Crippen molar-refractivity contribution in [3.63, 3.8) is 0 Å². The van der Waals surface area contributed by atoms with Gasteiger partial charge in [-0.15, -0.1) is 0 Å². The Morgan fingerprint density at radius 3 is 2.45 bits per heavy atom. The van der Waals surface area contributed by atoms with Gasteiger partial charge in [0, 0.05) is 25.3 Å². The average Bonchev–Trinajstić information content (AvgIpc) is 3.04. The molecule has 1 saturated heterocycles. The fourth-order valence-corrected chi connectivity index (χ4v) is 5.71. The summed E-state index contributed by atoms with van der Waals surface area (Å²) in [6.07, 6.45) is 4.25. The van der Waals surface area contributed by atoms with Crippen LogP contribution in [0, 0.1) is 12.8 Å². The molecule has 0 radical (unpaired) electrons. The number of pyridine rings is 1. The van der Waals surface area contributed by atoms with Crippen LogP contribution in [0.5, 0.6) is 0 Å². The van der Waals surface area contributed by atoms with E-state index in [9.17, 15) is 8.42 Å². The molecule has 6 nitrogen and oxygen atoms in total. The third kappa shape index (κ3) is 3.94. The molecule has 0 bridgehead atoms. The Bertz CT molecular complexity index is 1100. The lowest BCUT2D eigenvalue weighted by atomic mass is 10.0. The normalized spacial score (nSPS) is 16.7. The van der Waals surface area contributed by atoms with Crippen molar-refractivity contribution in [3.05, 3.63) is 54.0 Å². The SMILES string of the molecule is Cc1nc2cccnc2n1C1CCN(S(=O)(=O)c2ccc(CC(C)C)cc2)CC1. The molecule has 0 amide bonds. The second kappa shape index (κ2) is 7.88. The molecule has 0 unspecified atom stereocenters. The van der Waals surface area contributed by atoms with E-state index >= 15 is 0 Å². The Hall–Kier alpha value is -2.25. The maximum atomic E-state index is 13.1. The van der Waals surface area contributed by atoms with Gasteiger partial charge in [-0.3, -0.25) is 0 Å². The van der Waals surface area contributed by atoms with Crippen LogP contribution in [0.15, 0.2) is 47.5 Å². The molecular weight excluding hydrogens is 384 g/mol. The summed E-state index contributed by atoms with van der Waals surface area (Å²) in [4.78, 5) is 9.47. The Labute approximate surface area is 172 Å². The molecule has 2 aromatic heterocycles. The molecule has 1 aromatic carbocycles. The van der Waals surface area contributed by atoms with Crippen molar-refractivity contribution in [2.75, 3.05) is 13.1 Å². The summed E-state index contributed by atoms with van der Waals surface area (Å²) >= 11 is 0. The fourth-order valence-electron chi connectivity index (χ4n) is 4.24. The molecular formula is C22H28N4O2S. The van der Waals surface area contributed by atoms with Gasteiger partial charge in [0.05, 0.1) is 4.90 Å². The molecule has 29 heavy (non-hydrogen) atoms. The van der Waals surface area contributed by atoms with Crippen molar-refractivity contribution in [1.82, 2.24) is 18.8 Å². The third-order valence-corrected chi connectivity index (χ3v) is 7.53. The third-order valence-electron chi connectivity index (χ3n) is 5.62. The second-order valence-electron chi connectivity index (χ2n) is 8.25. The van der Waals surface area contributed by atoms with Gasteiger partial charge in [-0.25, -0.2) is 18.4 Å². The Balaban J connectivity index is 1.49. The molecule has 0 aliphatic carbocycles. The van der Waals surface area contributed by atoms with Gasteiger partial charge in [-0.1, -0.05) is 26.0 Å². The largest absolute Gasteiger partial charge is 0.310 e. The van der Waals surface area contributed by atoms with Crippen molar-refractivity contribution in [2.24, 2.45) is 5.92 Å². The number of sulfonamides is 1. The Morgan fingerprint density at radius 1 is 1.10 bits per heavy atom. The van der Waals surface area contributed by atoms with Crippen LogP contribution in [0.3, 0.4) is 0 Å². The van der Waals surface area contributed by atoms with Gasteiger partial charge in [0.2, 0.25) is 10.0 Å². The smallest absolute Gasteiger partial charge is 0.243 e. The van der Waals surface area contributed by atoms with Crippen LogP contribution in [0.2, 0.25) is 0 Å². The number of rotatable bonds is 5. The molecule has 1 fully saturated rings. The summed E-state index contributed by atoms with van der Waals surface area (Å²) < 4.78 is 30.0. The highest BCUT2D eigenvalue weighted by Gasteiger charge is 2.31. The van der Waals surface area contributed by atoms with E-state index in [2.05, 4.69) is 28.4 Å². The minimum atomic E-state index is -3.46. The topological polar surface area (TPSA) is 68.1 Å². The highest BCUT2D eigenvalue weighted by Crippen LogP contribution is 2.30. The van der Waals surface area contributed by atoms with Crippen LogP contribution in [-0.4, -0.2) is 40.3 Å². The maximum Gasteiger partial charge on any atom is 0.243 e. The van der Waals surface area contributed by atoms with E-state index in [4.69, 9.17) is 0 Å². The lowest BCUT2D eigenvalue weighted by Crippen LogP contribution is -2.39. The van der Waals surface area contributed by atoms with E-state index in [1.165, 1.54) is 5.56 Å². The average molecular weight is 413 g/mol. The van der Waals surface area contributed by atoms with Crippen LogP contribution < -0.4 is 0 Å². The van der Waals surface area contributed by atoms with Crippen LogP contribution in [0.4, 0.5) is 0 Å². The molecule has 0 atom stereocenters. The van der Waals surface area contributed by atoms with E-state index < -0.39 is 10.0 Å². The van der Waals surface area contributed by atoms with Crippen molar-refractivity contribution in [3.8, 4) is 0 Å². The summed E-state index contributed by atoms with van der Waals surface area (Å²) in [6.45, 7) is 7.33. The van der Waals surface area contributed by atoms with Gasteiger partial charge in [0.25, 0.3) is 0 Å². The molecule has 4 rings (SSSR count). The minimum absolute atomic E-state index is 0.217. The van der Waals surface area contributed by atoms with Crippen LogP contribution in [0.25, 0.3) is 11.2 Å². The standard InChI is InChI=1S/C22H28N4O2S/c1-16(2)15-18-6-8-20(9-7-18)29(27,28)25-13-10-19(11-14-25)26-17(3)24-21-5-4-12-23-22(21)26/h4-9,12,16,19H,10-11,13-15H2,1-3H3. The van der Waals surface area contributed by atoms with Crippen LogP contribution in [0.1, 0.15) is 44.1 Å². The first kappa shape index (κ1) is 20.0.